The Morgan fingerprint density at radius 1 is 0.885 bits per heavy atom. The van der Waals surface area contributed by atoms with E-state index in [4.69, 9.17) is 0 Å². The standard InChI is InChI=1S/C22H31N3O/c1-3-8-19-10-5-6-11-20(19)14-16-23-15-13-18-9-7-12-21(17-18)25-22(26)24-4-2/h5-7,9-12,17,23H,3-4,8,13-16H2,1-2H3,(H2,24,25,26). The van der Waals surface area contributed by atoms with Crippen LogP contribution in [0.2, 0.25) is 0 Å². The van der Waals surface area contributed by atoms with Crippen molar-refractivity contribution in [2.45, 2.75) is 39.5 Å². The van der Waals surface area contributed by atoms with Crippen molar-refractivity contribution in [3.63, 3.8) is 0 Å². The highest BCUT2D eigenvalue weighted by molar-refractivity contribution is 5.89. The number of carbonyl (C=O) groups is 1. The molecule has 0 fully saturated rings. The van der Waals surface area contributed by atoms with E-state index in [9.17, 15) is 4.79 Å². The molecule has 3 N–H and O–H groups in total. The molecule has 0 saturated carbocycles. The molecule has 2 amide bonds. The van der Waals surface area contributed by atoms with E-state index in [2.05, 4.69) is 53.2 Å². The van der Waals surface area contributed by atoms with E-state index in [1.165, 1.54) is 23.1 Å². The third kappa shape index (κ3) is 6.89. The number of hydrogen-bond donors (Lipinski definition) is 3. The molecule has 140 valence electrons. The Balaban J connectivity index is 1.74. The van der Waals surface area contributed by atoms with Crippen LogP contribution in [0.25, 0.3) is 0 Å². The summed E-state index contributed by atoms with van der Waals surface area (Å²) in [5.41, 5.74) is 4.98. The van der Waals surface area contributed by atoms with Gasteiger partial charge in [-0.15, -0.1) is 0 Å². The summed E-state index contributed by atoms with van der Waals surface area (Å²) in [5.74, 6) is 0. The number of carbonyl (C=O) groups excluding carboxylic acids is 1. The van der Waals surface area contributed by atoms with Gasteiger partial charge in [0.25, 0.3) is 0 Å². The molecule has 0 atom stereocenters. The molecule has 0 aromatic heterocycles. The first-order valence-corrected chi connectivity index (χ1v) is 9.64. The molecule has 0 heterocycles. The van der Waals surface area contributed by atoms with Crippen molar-refractivity contribution in [2.24, 2.45) is 0 Å². The second-order valence-corrected chi connectivity index (χ2v) is 6.45. The van der Waals surface area contributed by atoms with Crippen molar-refractivity contribution in [3.8, 4) is 0 Å². The van der Waals surface area contributed by atoms with Crippen molar-refractivity contribution in [1.82, 2.24) is 10.6 Å². The van der Waals surface area contributed by atoms with Crippen LogP contribution in [0.5, 0.6) is 0 Å². The van der Waals surface area contributed by atoms with Crippen LogP contribution < -0.4 is 16.0 Å². The SMILES string of the molecule is CCCc1ccccc1CCNCCc1cccc(NC(=O)NCC)c1. The summed E-state index contributed by atoms with van der Waals surface area (Å²) in [7, 11) is 0. The van der Waals surface area contributed by atoms with Crippen molar-refractivity contribution in [2.75, 3.05) is 25.0 Å². The van der Waals surface area contributed by atoms with Crippen LogP contribution in [0.1, 0.15) is 37.0 Å². The van der Waals surface area contributed by atoms with Gasteiger partial charge in [-0.05, 0) is 68.1 Å². The molecule has 4 heteroatoms. The Hall–Kier alpha value is -2.33. The quantitative estimate of drug-likeness (QED) is 0.562. The zero-order chi connectivity index (χ0) is 18.6. The molecule has 4 nitrogen and oxygen atoms in total. The molecule has 2 aromatic carbocycles. The average molecular weight is 354 g/mol. The number of amides is 2. The Labute approximate surface area is 157 Å². The summed E-state index contributed by atoms with van der Waals surface area (Å²) in [5, 5.41) is 9.13. The second kappa shape index (κ2) is 11.3. The van der Waals surface area contributed by atoms with Gasteiger partial charge in [0, 0.05) is 12.2 Å². The number of rotatable bonds is 10. The summed E-state index contributed by atoms with van der Waals surface area (Å²) in [4.78, 5) is 11.6. The van der Waals surface area contributed by atoms with Crippen LogP contribution in [0.15, 0.2) is 48.5 Å². The minimum atomic E-state index is -0.159. The predicted molar refractivity (Wildman–Crippen MR) is 110 cm³/mol. The molecule has 0 aliphatic carbocycles. The minimum Gasteiger partial charge on any atom is -0.338 e. The van der Waals surface area contributed by atoms with Crippen molar-refractivity contribution in [1.29, 1.82) is 0 Å². The molecule has 0 saturated heterocycles. The molecule has 26 heavy (non-hydrogen) atoms. The molecule has 0 aliphatic heterocycles. The molecular weight excluding hydrogens is 322 g/mol. The zero-order valence-corrected chi connectivity index (χ0v) is 16.0. The maximum Gasteiger partial charge on any atom is 0.319 e. The van der Waals surface area contributed by atoms with Crippen LogP contribution in [-0.2, 0) is 19.3 Å². The maximum absolute atomic E-state index is 11.6. The monoisotopic (exact) mass is 353 g/mol. The van der Waals surface area contributed by atoms with E-state index in [-0.39, 0.29) is 6.03 Å². The lowest BCUT2D eigenvalue weighted by Gasteiger charge is -2.10. The summed E-state index contributed by atoms with van der Waals surface area (Å²) >= 11 is 0. The first kappa shape index (κ1) is 20.0. The van der Waals surface area contributed by atoms with Crippen molar-refractivity contribution < 1.29 is 4.79 Å². The van der Waals surface area contributed by atoms with Gasteiger partial charge in [0.2, 0.25) is 0 Å². The number of nitrogens with one attached hydrogen (secondary N) is 3. The molecule has 2 rings (SSSR count). The fourth-order valence-corrected chi connectivity index (χ4v) is 3.04. The van der Waals surface area contributed by atoms with Crippen LogP contribution in [0.3, 0.4) is 0 Å². The van der Waals surface area contributed by atoms with Gasteiger partial charge >= 0.3 is 6.03 Å². The Kier molecular flexibility index (Phi) is 8.70. The van der Waals surface area contributed by atoms with E-state index in [0.29, 0.717) is 6.54 Å². The van der Waals surface area contributed by atoms with Gasteiger partial charge in [-0.3, -0.25) is 0 Å². The van der Waals surface area contributed by atoms with Gasteiger partial charge in [-0.1, -0.05) is 49.7 Å². The van der Waals surface area contributed by atoms with Gasteiger partial charge in [-0.25, -0.2) is 4.79 Å². The molecule has 0 spiro atoms. The number of hydrogen-bond acceptors (Lipinski definition) is 2. The lowest BCUT2D eigenvalue weighted by Crippen LogP contribution is -2.28. The second-order valence-electron chi connectivity index (χ2n) is 6.45. The number of urea groups is 1. The van der Waals surface area contributed by atoms with Crippen LogP contribution in [0, 0.1) is 0 Å². The van der Waals surface area contributed by atoms with E-state index >= 15 is 0 Å². The maximum atomic E-state index is 11.6. The van der Waals surface area contributed by atoms with Gasteiger partial charge in [0.15, 0.2) is 0 Å². The Morgan fingerprint density at radius 3 is 2.35 bits per heavy atom. The third-order valence-electron chi connectivity index (χ3n) is 4.32. The lowest BCUT2D eigenvalue weighted by molar-refractivity contribution is 0.252. The van der Waals surface area contributed by atoms with E-state index in [1.807, 2.05) is 25.1 Å². The Morgan fingerprint density at radius 2 is 1.62 bits per heavy atom. The highest BCUT2D eigenvalue weighted by atomic mass is 16.2. The van der Waals surface area contributed by atoms with Crippen LogP contribution >= 0.6 is 0 Å². The molecular formula is C22H31N3O. The predicted octanol–water partition coefficient (Wildman–Crippen LogP) is 4.16. The summed E-state index contributed by atoms with van der Waals surface area (Å²) in [6.45, 7) is 6.67. The average Bonchev–Trinajstić information content (AvgIpc) is 2.63. The van der Waals surface area contributed by atoms with E-state index in [1.54, 1.807) is 0 Å². The molecule has 0 unspecified atom stereocenters. The van der Waals surface area contributed by atoms with Gasteiger partial charge in [0.1, 0.15) is 0 Å². The smallest absolute Gasteiger partial charge is 0.319 e. The van der Waals surface area contributed by atoms with E-state index in [0.717, 1.165) is 38.0 Å². The third-order valence-corrected chi connectivity index (χ3v) is 4.32. The molecule has 2 aromatic rings. The highest BCUT2D eigenvalue weighted by Crippen LogP contribution is 2.12. The van der Waals surface area contributed by atoms with Crippen molar-refractivity contribution in [3.05, 3.63) is 65.2 Å². The van der Waals surface area contributed by atoms with Gasteiger partial charge < -0.3 is 16.0 Å². The largest absolute Gasteiger partial charge is 0.338 e. The molecule has 0 aliphatic rings. The first-order chi connectivity index (χ1) is 12.7. The summed E-state index contributed by atoms with van der Waals surface area (Å²) in [6, 6.07) is 16.6. The zero-order valence-electron chi connectivity index (χ0n) is 16.0. The molecule has 0 radical (unpaired) electrons. The van der Waals surface area contributed by atoms with E-state index < -0.39 is 0 Å². The lowest BCUT2D eigenvalue weighted by atomic mass is 10.0. The number of benzene rings is 2. The fraction of sp³-hybridized carbons (Fsp3) is 0.409. The summed E-state index contributed by atoms with van der Waals surface area (Å²) in [6.07, 6.45) is 4.35. The highest BCUT2D eigenvalue weighted by Gasteiger charge is 2.02. The van der Waals surface area contributed by atoms with Gasteiger partial charge in [0.05, 0.1) is 0 Å². The molecule has 0 bridgehead atoms. The van der Waals surface area contributed by atoms with Crippen LogP contribution in [0.4, 0.5) is 10.5 Å². The summed E-state index contributed by atoms with van der Waals surface area (Å²) < 4.78 is 0. The first-order valence-electron chi connectivity index (χ1n) is 9.64. The fourth-order valence-electron chi connectivity index (χ4n) is 3.04. The van der Waals surface area contributed by atoms with Crippen molar-refractivity contribution >= 4 is 11.7 Å². The topological polar surface area (TPSA) is 53.2 Å². The minimum absolute atomic E-state index is 0.159. The Bertz CT molecular complexity index is 685. The normalized spacial score (nSPS) is 10.5. The van der Waals surface area contributed by atoms with Crippen LogP contribution in [-0.4, -0.2) is 25.7 Å². The number of anilines is 1. The number of aryl methyl sites for hydroxylation is 1. The van der Waals surface area contributed by atoms with Gasteiger partial charge in [-0.2, -0.15) is 0 Å².